The molecule has 1 N–H and O–H groups in total. The predicted octanol–water partition coefficient (Wildman–Crippen LogP) is 5.27. The minimum absolute atomic E-state index is 0.582. The molecule has 1 aromatic heterocycles. The van der Waals surface area contributed by atoms with Gasteiger partial charge in [0.05, 0.1) is 10.5 Å². The SMILES string of the molecule is CCC1CCCC(Nc2ccc(Cl)c3ncccc23)C1. The Kier molecular flexibility index (Phi) is 4.11. The molecule has 20 heavy (non-hydrogen) atoms. The molecule has 3 rings (SSSR count). The van der Waals surface area contributed by atoms with Gasteiger partial charge in [-0.3, -0.25) is 4.98 Å². The topological polar surface area (TPSA) is 24.9 Å². The molecule has 1 aromatic carbocycles. The van der Waals surface area contributed by atoms with Crippen LogP contribution in [0.3, 0.4) is 0 Å². The number of hydrogen-bond donors (Lipinski definition) is 1. The average Bonchev–Trinajstić information content (AvgIpc) is 2.51. The molecule has 3 heteroatoms. The van der Waals surface area contributed by atoms with Crippen LogP contribution < -0.4 is 5.32 Å². The monoisotopic (exact) mass is 288 g/mol. The fourth-order valence-electron chi connectivity index (χ4n) is 3.28. The van der Waals surface area contributed by atoms with Gasteiger partial charge in [-0.25, -0.2) is 0 Å². The highest BCUT2D eigenvalue weighted by Crippen LogP contribution is 2.32. The highest BCUT2D eigenvalue weighted by atomic mass is 35.5. The lowest BCUT2D eigenvalue weighted by Gasteiger charge is -2.30. The highest BCUT2D eigenvalue weighted by molar-refractivity contribution is 6.35. The van der Waals surface area contributed by atoms with Gasteiger partial charge in [0, 0.05) is 23.3 Å². The average molecular weight is 289 g/mol. The van der Waals surface area contributed by atoms with Gasteiger partial charge in [0.2, 0.25) is 0 Å². The first-order valence-corrected chi connectivity index (χ1v) is 7.95. The van der Waals surface area contributed by atoms with Crippen molar-refractivity contribution in [2.75, 3.05) is 5.32 Å². The number of aromatic nitrogens is 1. The molecule has 1 aliphatic rings. The van der Waals surface area contributed by atoms with E-state index in [1.807, 2.05) is 12.1 Å². The maximum absolute atomic E-state index is 6.23. The molecule has 0 bridgehead atoms. The van der Waals surface area contributed by atoms with Gasteiger partial charge in [0.1, 0.15) is 0 Å². The van der Waals surface area contributed by atoms with Crippen LogP contribution in [-0.2, 0) is 0 Å². The summed E-state index contributed by atoms with van der Waals surface area (Å²) in [4.78, 5) is 4.39. The van der Waals surface area contributed by atoms with Gasteiger partial charge in [0.25, 0.3) is 0 Å². The molecule has 1 saturated carbocycles. The van der Waals surface area contributed by atoms with Crippen LogP contribution in [0.2, 0.25) is 5.02 Å². The summed E-state index contributed by atoms with van der Waals surface area (Å²) in [5, 5.41) is 5.56. The smallest absolute Gasteiger partial charge is 0.0908 e. The molecule has 1 aliphatic carbocycles. The third-order valence-corrected chi connectivity index (χ3v) is 4.75. The van der Waals surface area contributed by atoms with Crippen molar-refractivity contribution in [3.63, 3.8) is 0 Å². The Morgan fingerprint density at radius 1 is 1.30 bits per heavy atom. The van der Waals surface area contributed by atoms with Crippen LogP contribution in [0.4, 0.5) is 5.69 Å². The highest BCUT2D eigenvalue weighted by Gasteiger charge is 2.21. The number of rotatable bonds is 3. The maximum Gasteiger partial charge on any atom is 0.0908 e. The van der Waals surface area contributed by atoms with E-state index in [4.69, 9.17) is 11.6 Å². The van der Waals surface area contributed by atoms with Crippen LogP contribution in [0, 0.1) is 5.92 Å². The fourth-order valence-corrected chi connectivity index (χ4v) is 3.49. The molecule has 2 nitrogen and oxygen atoms in total. The van der Waals surface area contributed by atoms with E-state index in [1.54, 1.807) is 6.20 Å². The fraction of sp³-hybridized carbons (Fsp3) is 0.471. The van der Waals surface area contributed by atoms with Crippen LogP contribution in [0.5, 0.6) is 0 Å². The zero-order chi connectivity index (χ0) is 13.9. The summed E-state index contributed by atoms with van der Waals surface area (Å²) in [5.74, 6) is 0.873. The normalized spacial score (nSPS) is 22.9. The minimum Gasteiger partial charge on any atom is -0.382 e. The number of pyridine rings is 1. The van der Waals surface area contributed by atoms with E-state index in [9.17, 15) is 0 Å². The van der Waals surface area contributed by atoms with E-state index < -0.39 is 0 Å². The molecule has 0 aliphatic heterocycles. The van der Waals surface area contributed by atoms with Crippen molar-refractivity contribution in [2.24, 2.45) is 5.92 Å². The van der Waals surface area contributed by atoms with Gasteiger partial charge >= 0.3 is 0 Å². The number of anilines is 1. The number of nitrogens with one attached hydrogen (secondary N) is 1. The second-order valence-electron chi connectivity index (χ2n) is 5.78. The molecule has 2 unspecified atom stereocenters. The molecular weight excluding hydrogens is 268 g/mol. The Hall–Kier alpha value is -1.28. The number of hydrogen-bond acceptors (Lipinski definition) is 2. The Labute approximate surface area is 125 Å². The van der Waals surface area contributed by atoms with Gasteiger partial charge in [-0.1, -0.05) is 37.8 Å². The van der Waals surface area contributed by atoms with Crippen molar-refractivity contribution < 1.29 is 0 Å². The van der Waals surface area contributed by atoms with Gasteiger partial charge in [-0.2, -0.15) is 0 Å². The summed E-state index contributed by atoms with van der Waals surface area (Å²) in [5.41, 5.74) is 2.06. The summed E-state index contributed by atoms with van der Waals surface area (Å²) in [6.07, 6.45) is 8.35. The Morgan fingerprint density at radius 3 is 3.05 bits per heavy atom. The van der Waals surface area contributed by atoms with Gasteiger partial charge < -0.3 is 5.32 Å². The molecule has 106 valence electrons. The first-order valence-electron chi connectivity index (χ1n) is 7.57. The van der Waals surface area contributed by atoms with Crippen LogP contribution >= 0.6 is 11.6 Å². The third kappa shape index (κ3) is 2.76. The summed E-state index contributed by atoms with van der Waals surface area (Å²) >= 11 is 6.23. The van der Waals surface area contributed by atoms with Crippen molar-refractivity contribution in [1.82, 2.24) is 4.98 Å². The number of benzene rings is 1. The lowest BCUT2D eigenvalue weighted by atomic mass is 9.84. The minimum atomic E-state index is 0.582. The third-order valence-electron chi connectivity index (χ3n) is 4.44. The van der Waals surface area contributed by atoms with E-state index in [-0.39, 0.29) is 0 Å². The van der Waals surface area contributed by atoms with E-state index >= 15 is 0 Å². The quantitative estimate of drug-likeness (QED) is 0.832. The van der Waals surface area contributed by atoms with Crippen LogP contribution in [0.15, 0.2) is 30.5 Å². The first-order chi connectivity index (χ1) is 9.78. The number of halogens is 1. The number of nitrogens with zero attached hydrogens (tertiary/aromatic N) is 1. The summed E-state index contributed by atoms with van der Waals surface area (Å²) in [6.45, 7) is 2.30. The first kappa shape index (κ1) is 13.7. The molecule has 1 heterocycles. The molecule has 2 aromatic rings. The summed E-state index contributed by atoms with van der Waals surface area (Å²) in [6, 6.07) is 8.68. The maximum atomic E-state index is 6.23. The molecule has 0 amide bonds. The molecular formula is C17H21ClN2. The van der Waals surface area contributed by atoms with Gasteiger partial charge in [0.15, 0.2) is 0 Å². The van der Waals surface area contributed by atoms with Crippen molar-refractivity contribution in [3.8, 4) is 0 Å². The lowest BCUT2D eigenvalue weighted by molar-refractivity contribution is 0.327. The molecule has 0 saturated heterocycles. The largest absolute Gasteiger partial charge is 0.382 e. The zero-order valence-corrected chi connectivity index (χ0v) is 12.7. The van der Waals surface area contributed by atoms with Crippen LogP contribution in [-0.4, -0.2) is 11.0 Å². The zero-order valence-electron chi connectivity index (χ0n) is 11.9. The van der Waals surface area contributed by atoms with E-state index in [1.165, 1.54) is 37.8 Å². The van der Waals surface area contributed by atoms with E-state index in [0.717, 1.165) is 21.8 Å². The second-order valence-corrected chi connectivity index (χ2v) is 6.18. The molecule has 2 atom stereocenters. The molecule has 0 spiro atoms. The summed E-state index contributed by atoms with van der Waals surface area (Å²) < 4.78 is 0. The standard InChI is InChI=1S/C17H21ClN2/c1-2-12-5-3-6-13(11-12)20-16-9-8-15(18)17-14(16)7-4-10-19-17/h4,7-10,12-13,20H,2-3,5-6,11H2,1H3. The molecule has 1 fully saturated rings. The Morgan fingerprint density at radius 2 is 2.20 bits per heavy atom. The van der Waals surface area contributed by atoms with Crippen molar-refractivity contribution >= 4 is 28.2 Å². The Bertz CT molecular complexity index is 597. The van der Waals surface area contributed by atoms with Gasteiger partial charge in [-0.15, -0.1) is 0 Å². The predicted molar refractivity (Wildman–Crippen MR) is 86.4 cm³/mol. The van der Waals surface area contributed by atoms with Crippen molar-refractivity contribution in [2.45, 2.75) is 45.1 Å². The lowest BCUT2D eigenvalue weighted by Crippen LogP contribution is -2.27. The van der Waals surface area contributed by atoms with E-state index in [0.29, 0.717) is 6.04 Å². The van der Waals surface area contributed by atoms with Crippen LogP contribution in [0.1, 0.15) is 39.0 Å². The van der Waals surface area contributed by atoms with E-state index in [2.05, 4.69) is 29.4 Å². The Balaban J connectivity index is 1.86. The van der Waals surface area contributed by atoms with Crippen molar-refractivity contribution in [3.05, 3.63) is 35.5 Å². The molecule has 0 radical (unpaired) electrons. The van der Waals surface area contributed by atoms with Crippen LogP contribution in [0.25, 0.3) is 10.9 Å². The van der Waals surface area contributed by atoms with Gasteiger partial charge in [-0.05, 0) is 43.0 Å². The number of fused-ring (bicyclic) bond motifs is 1. The van der Waals surface area contributed by atoms with Crippen molar-refractivity contribution in [1.29, 1.82) is 0 Å². The second kappa shape index (κ2) is 6.01. The summed E-state index contributed by atoms with van der Waals surface area (Å²) in [7, 11) is 0.